The Morgan fingerprint density at radius 1 is 1.53 bits per heavy atom. The Kier molecular flexibility index (Phi) is 6.98. The summed E-state index contributed by atoms with van der Waals surface area (Å²) in [6.45, 7) is 3.14. The molecule has 0 saturated heterocycles. The molecule has 0 fully saturated rings. The van der Waals surface area contributed by atoms with E-state index in [4.69, 9.17) is 5.26 Å². The van der Waals surface area contributed by atoms with Gasteiger partial charge in [-0.05, 0) is 6.42 Å². The molecule has 0 aliphatic heterocycles. The van der Waals surface area contributed by atoms with Gasteiger partial charge in [-0.15, -0.1) is 0 Å². The zero-order valence-corrected chi connectivity index (χ0v) is 9.08. The van der Waals surface area contributed by atoms with Crippen molar-refractivity contribution in [3.8, 4) is 6.07 Å². The van der Waals surface area contributed by atoms with E-state index in [0.717, 1.165) is 12.8 Å². The molecule has 0 aliphatic carbocycles. The molecule has 0 bridgehead atoms. The summed E-state index contributed by atoms with van der Waals surface area (Å²) in [5.41, 5.74) is 0. The van der Waals surface area contributed by atoms with Gasteiger partial charge in [0.05, 0.1) is 6.07 Å². The van der Waals surface area contributed by atoms with Crippen LogP contribution in [0.25, 0.3) is 0 Å². The molecule has 0 aromatic heterocycles. The standard InChI is InChI=1S/C10H16N2O3/c1-3-4-5-10(14)12-9(6-11)7-15-8(2)13/h9H,3-5,7H2,1-2H3,(H,12,14). The van der Waals surface area contributed by atoms with Gasteiger partial charge in [-0.25, -0.2) is 0 Å². The van der Waals surface area contributed by atoms with Crippen LogP contribution in [0.15, 0.2) is 0 Å². The number of carbonyl (C=O) groups excluding carboxylic acids is 2. The maximum absolute atomic E-state index is 11.2. The van der Waals surface area contributed by atoms with Crippen molar-refractivity contribution >= 4 is 11.9 Å². The number of amides is 1. The highest BCUT2D eigenvalue weighted by Gasteiger charge is 2.12. The van der Waals surface area contributed by atoms with Gasteiger partial charge in [-0.2, -0.15) is 5.26 Å². The molecular formula is C10H16N2O3. The SMILES string of the molecule is CCCCC(=O)NC(C#N)COC(C)=O. The van der Waals surface area contributed by atoms with Crippen LogP contribution >= 0.6 is 0 Å². The fourth-order valence-electron chi connectivity index (χ4n) is 0.916. The van der Waals surface area contributed by atoms with E-state index in [2.05, 4.69) is 10.1 Å². The molecule has 5 heteroatoms. The quantitative estimate of drug-likeness (QED) is 0.659. The van der Waals surface area contributed by atoms with Gasteiger partial charge in [-0.3, -0.25) is 9.59 Å². The highest BCUT2D eigenvalue weighted by atomic mass is 16.5. The minimum Gasteiger partial charge on any atom is -0.463 e. The Morgan fingerprint density at radius 3 is 2.67 bits per heavy atom. The highest BCUT2D eigenvalue weighted by Crippen LogP contribution is 1.94. The zero-order chi connectivity index (χ0) is 11.7. The van der Waals surface area contributed by atoms with Crippen molar-refractivity contribution in [3.05, 3.63) is 0 Å². The Hall–Kier alpha value is -1.57. The summed E-state index contributed by atoms with van der Waals surface area (Å²) >= 11 is 0. The van der Waals surface area contributed by atoms with E-state index in [1.807, 2.05) is 13.0 Å². The van der Waals surface area contributed by atoms with Crippen LogP contribution in [0.2, 0.25) is 0 Å². The summed E-state index contributed by atoms with van der Waals surface area (Å²) in [4.78, 5) is 21.7. The number of nitrogens with one attached hydrogen (secondary N) is 1. The third-order valence-corrected chi connectivity index (χ3v) is 1.70. The highest BCUT2D eigenvalue weighted by molar-refractivity contribution is 5.76. The Morgan fingerprint density at radius 2 is 2.20 bits per heavy atom. The summed E-state index contributed by atoms with van der Waals surface area (Å²) in [6, 6.07) is 1.10. The van der Waals surface area contributed by atoms with Crippen molar-refractivity contribution < 1.29 is 14.3 Å². The van der Waals surface area contributed by atoms with Crippen LogP contribution in [-0.2, 0) is 14.3 Å². The van der Waals surface area contributed by atoms with Gasteiger partial charge in [0.1, 0.15) is 6.61 Å². The fraction of sp³-hybridized carbons (Fsp3) is 0.700. The fourth-order valence-corrected chi connectivity index (χ4v) is 0.916. The first-order chi connectivity index (χ1) is 7.10. The molecule has 1 unspecified atom stereocenters. The number of hydrogen-bond acceptors (Lipinski definition) is 4. The summed E-state index contributed by atoms with van der Waals surface area (Å²) in [7, 11) is 0. The van der Waals surface area contributed by atoms with Crippen LogP contribution in [0, 0.1) is 11.3 Å². The number of nitriles is 1. The molecule has 0 aromatic carbocycles. The molecule has 15 heavy (non-hydrogen) atoms. The number of ether oxygens (including phenoxy) is 1. The summed E-state index contributed by atoms with van der Waals surface area (Å²) < 4.78 is 4.62. The summed E-state index contributed by atoms with van der Waals surface area (Å²) in [5, 5.41) is 11.1. The van der Waals surface area contributed by atoms with Crippen LogP contribution in [0.1, 0.15) is 33.1 Å². The number of rotatable bonds is 6. The molecule has 5 nitrogen and oxygen atoms in total. The molecule has 0 aromatic rings. The number of esters is 1. The lowest BCUT2D eigenvalue weighted by Crippen LogP contribution is -2.37. The Balaban J connectivity index is 3.84. The van der Waals surface area contributed by atoms with Gasteiger partial charge in [0.25, 0.3) is 0 Å². The van der Waals surface area contributed by atoms with Crippen LogP contribution < -0.4 is 5.32 Å². The van der Waals surface area contributed by atoms with Crippen LogP contribution in [0.5, 0.6) is 0 Å². The monoisotopic (exact) mass is 212 g/mol. The topological polar surface area (TPSA) is 79.2 Å². The molecule has 0 rings (SSSR count). The van der Waals surface area contributed by atoms with Crippen LogP contribution in [-0.4, -0.2) is 24.5 Å². The maximum Gasteiger partial charge on any atom is 0.302 e. The second kappa shape index (κ2) is 7.80. The van der Waals surface area contributed by atoms with Gasteiger partial charge in [-0.1, -0.05) is 13.3 Å². The minimum atomic E-state index is -0.752. The Bertz CT molecular complexity index is 258. The first kappa shape index (κ1) is 13.4. The van der Waals surface area contributed by atoms with E-state index in [9.17, 15) is 9.59 Å². The van der Waals surface area contributed by atoms with Gasteiger partial charge in [0.2, 0.25) is 5.91 Å². The lowest BCUT2D eigenvalue weighted by molar-refractivity contribution is -0.141. The second-order valence-corrected chi connectivity index (χ2v) is 3.16. The molecule has 0 aliphatic rings. The number of hydrogen-bond donors (Lipinski definition) is 1. The van der Waals surface area contributed by atoms with Crippen molar-refractivity contribution in [2.75, 3.05) is 6.61 Å². The van der Waals surface area contributed by atoms with E-state index in [1.165, 1.54) is 6.92 Å². The van der Waals surface area contributed by atoms with Crippen molar-refractivity contribution in [2.45, 2.75) is 39.2 Å². The van der Waals surface area contributed by atoms with Crippen molar-refractivity contribution in [2.24, 2.45) is 0 Å². The normalized spacial score (nSPS) is 11.3. The van der Waals surface area contributed by atoms with Crippen molar-refractivity contribution in [1.29, 1.82) is 5.26 Å². The number of unbranched alkanes of at least 4 members (excludes halogenated alkanes) is 1. The third kappa shape index (κ3) is 7.50. The zero-order valence-electron chi connectivity index (χ0n) is 9.08. The van der Waals surface area contributed by atoms with E-state index < -0.39 is 12.0 Å². The second-order valence-electron chi connectivity index (χ2n) is 3.16. The van der Waals surface area contributed by atoms with Gasteiger partial charge < -0.3 is 10.1 Å². The number of nitrogens with zero attached hydrogens (tertiary/aromatic N) is 1. The molecule has 1 atom stereocenters. The molecular weight excluding hydrogens is 196 g/mol. The summed E-state index contributed by atoms with van der Waals surface area (Å²) in [6.07, 6.45) is 2.11. The molecule has 0 saturated carbocycles. The van der Waals surface area contributed by atoms with E-state index in [1.54, 1.807) is 0 Å². The molecule has 1 N–H and O–H groups in total. The predicted octanol–water partition coefficient (Wildman–Crippen LogP) is 0.748. The minimum absolute atomic E-state index is 0.0936. The van der Waals surface area contributed by atoms with Gasteiger partial charge >= 0.3 is 5.97 Å². The average Bonchev–Trinajstić information content (AvgIpc) is 2.20. The van der Waals surface area contributed by atoms with E-state index >= 15 is 0 Å². The third-order valence-electron chi connectivity index (χ3n) is 1.70. The lowest BCUT2D eigenvalue weighted by atomic mass is 10.2. The van der Waals surface area contributed by atoms with E-state index in [0.29, 0.717) is 6.42 Å². The largest absolute Gasteiger partial charge is 0.463 e. The number of carbonyl (C=O) groups is 2. The summed E-state index contributed by atoms with van der Waals surface area (Å²) in [5.74, 6) is -0.645. The van der Waals surface area contributed by atoms with Gasteiger partial charge in [0.15, 0.2) is 6.04 Å². The molecule has 0 radical (unpaired) electrons. The molecule has 84 valence electrons. The first-order valence-corrected chi connectivity index (χ1v) is 4.92. The van der Waals surface area contributed by atoms with Crippen LogP contribution in [0.4, 0.5) is 0 Å². The first-order valence-electron chi connectivity index (χ1n) is 4.92. The smallest absolute Gasteiger partial charge is 0.302 e. The van der Waals surface area contributed by atoms with E-state index in [-0.39, 0.29) is 12.5 Å². The van der Waals surface area contributed by atoms with Crippen LogP contribution in [0.3, 0.4) is 0 Å². The molecule has 0 spiro atoms. The molecule has 1 amide bonds. The van der Waals surface area contributed by atoms with Crippen molar-refractivity contribution in [1.82, 2.24) is 5.32 Å². The van der Waals surface area contributed by atoms with Crippen molar-refractivity contribution in [3.63, 3.8) is 0 Å². The maximum atomic E-state index is 11.2. The van der Waals surface area contributed by atoms with Gasteiger partial charge in [0, 0.05) is 13.3 Å². The average molecular weight is 212 g/mol. The Labute approximate surface area is 89.4 Å². The lowest BCUT2D eigenvalue weighted by Gasteiger charge is -2.10. The molecule has 0 heterocycles. The predicted molar refractivity (Wildman–Crippen MR) is 53.7 cm³/mol.